The number of aromatic nitrogens is 4. The zero-order valence-electron chi connectivity index (χ0n) is 16.0. The molecule has 0 amide bonds. The number of nitrogens with zero attached hydrogens (tertiary/aromatic N) is 5. The second kappa shape index (κ2) is 7.83. The number of halogens is 3. The van der Waals surface area contributed by atoms with Crippen LogP contribution < -0.4 is 15.8 Å². The van der Waals surface area contributed by atoms with Crippen LogP contribution in [0.15, 0.2) is 42.5 Å². The number of rotatable bonds is 5. The van der Waals surface area contributed by atoms with Gasteiger partial charge in [0.25, 0.3) is 0 Å². The minimum Gasteiger partial charge on any atom is -0.435 e. The van der Waals surface area contributed by atoms with Crippen molar-refractivity contribution in [2.75, 3.05) is 11.1 Å². The van der Waals surface area contributed by atoms with Crippen molar-refractivity contribution < 1.29 is 17.9 Å². The van der Waals surface area contributed by atoms with Crippen LogP contribution in [0, 0.1) is 24.1 Å². The van der Waals surface area contributed by atoms with Crippen molar-refractivity contribution >= 4 is 28.4 Å². The first-order chi connectivity index (χ1) is 14.9. The maximum absolute atomic E-state index is 14.6. The Bertz CT molecular complexity index is 1310. The Balaban J connectivity index is 1.73. The van der Waals surface area contributed by atoms with Crippen molar-refractivity contribution in [3.8, 4) is 17.8 Å². The smallest absolute Gasteiger partial charge is 0.387 e. The van der Waals surface area contributed by atoms with Gasteiger partial charge in [-0.25, -0.2) is 4.98 Å². The molecular weight excluding hydrogens is 411 g/mol. The fourth-order valence-electron chi connectivity index (χ4n) is 3.01. The molecule has 8 nitrogen and oxygen atoms in total. The van der Waals surface area contributed by atoms with Crippen LogP contribution in [0.5, 0.6) is 5.75 Å². The maximum Gasteiger partial charge on any atom is 0.387 e. The minimum atomic E-state index is -2.95. The Hall–Kier alpha value is -4.33. The summed E-state index contributed by atoms with van der Waals surface area (Å²) in [6, 6.07) is 12.4. The lowest BCUT2D eigenvalue weighted by Gasteiger charge is -2.12. The van der Waals surface area contributed by atoms with E-state index >= 15 is 0 Å². The van der Waals surface area contributed by atoms with Gasteiger partial charge in [-0.05, 0) is 49.4 Å². The Morgan fingerprint density at radius 1 is 1.13 bits per heavy atom. The van der Waals surface area contributed by atoms with Crippen LogP contribution in [0.4, 0.5) is 30.5 Å². The number of nitrogen functional groups attached to an aromatic ring is 1. The van der Waals surface area contributed by atoms with Gasteiger partial charge in [0.15, 0.2) is 11.6 Å². The number of benzene rings is 2. The van der Waals surface area contributed by atoms with E-state index in [4.69, 9.17) is 11.0 Å². The molecule has 0 saturated carbocycles. The number of anilines is 3. The summed E-state index contributed by atoms with van der Waals surface area (Å²) in [7, 11) is 0. The maximum atomic E-state index is 14.6. The summed E-state index contributed by atoms with van der Waals surface area (Å²) in [6.45, 7) is -1.23. The molecule has 0 spiro atoms. The van der Waals surface area contributed by atoms with Crippen molar-refractivity contribution in [1.29, 1.82) is 5.26 Å². The van der Waals surface area contributed by atoms with Crippen LogP contribution in [-0.4, -0.2) is 26.1 Å². The molecule has 0 fully saturated rings. The summed E-state index contributed by atoms with van der Waals surface area (Å²) in [5.74, 6) is -0.925. The van der Waals surface area contributed by atoms with E-state index in [0.29, 0.717) is 28.1 Å². The fourth-order valence-corrected chi connectivity index (χ4v) is 3.01. The largest absolute Gasteiger partial charge is 0.435 e. The number of imidazole rings is 1. The van der Waals surface area contributed by atoms with E-state index in [2.05, 4.69) is 25.0 Å². The monoisotopic (exact) mass is 425 g/mol. The van der Waals surface area contributed by atoms with E-state index in [1.54, 1.807) is 29.7 Å². The minimum absolute atomic E-state index is 0.0406. The molecule has 2 heterocycles. The van der Waals surface area contributed by atoms with Crippen molar-refractivity contribution in [1.82, 2.24) is 19.5 Å². The number of hydrogen-bond acceptors (Lipinski definition) is 7. The number of fused-ring (bicyclic) bond motifs is 1. The van der Waals surface area contributed by atoms with Crippen molar-refractivity contribution in [2.45, 2.75) is 13.5 Å². The molecule has 0 saturated heterocycles. The molecule has 4 aromatic rings. The predicted octanol–water partition coefficient (Wildman–Crippen LogP) is 4.06. The quantitative estimate of drug-likeness (QED) is 0.495. The van der Waals surface area contributed by atoms with Crippen molar-refractivity contribution in [2.24, 2.45) is 0 Å². The van der Waals surface area contributed by atoms with Crippen LogP contribution in [-0.2, 0) is 0 Å². The number of hydrogen-bond donors (Lipinski definition) is 2. The van der Waals surface area contributed by atoms with Gasteiger partial charge in [-0.1, -0.05) is 0 Å². The lowest BCUT2D eigenvalue weighted by atomic mass is 10.2. The average molecular weight is 425 g/mol. The summed E-state index contributed by atoms with van der Waals surface area (Å²) in [5.41, 5.74) is 7.73. The summed E-state index contributed by atoms with van der Waals surface area (Å²) in [4.78, 5) is 12.6. The zero-order chi connectivity index (χ0) is 22.1. The highest BCUT2D eigenvalue weighted by Crippen LogP contribution is 2.27. The SMILES string of the molecule is Cc1nc2cc(C#N)ccc2n1-c1nc(N)c(F)c(Nc2ccc(OC(F)F)cc2)n1. The molecule has 0 radical (unpaired) electrons. The van der Waals surface area contributed by atoms with Crippen molar-refractivity contribution in [3.05, 3.63) is 59.7 Å². The third kappa shape index (κ3) is 3.91. The normalized spacial score (nSPS) is 11.0. The molecule has 156 valence electrons. The van der Waals surface area contributed by atoms with Gasteiger partial charge in [-0.2, -0.15) is 28.4 Å². The Morgan fingerprint density at radius 2 is 1.87 bits per heavy atom. The zero-order valence-corrected chi connectivity index (χ0v) is 16.0. The predicted molar refractivity (Wildman–Crippen MR) is 107 cm³/mol. The van der Waals surface area contributed by atoms with Crippen LogP contribution in [0.1, 0.15) is 11.4 Å². The molecule has 0 atom stereocenters. The first-order valence-electron chi connectivity index (χ1n) is 8.90. The van der Waals surface area contributed by atoms with Gasteiger partial charge in [0.2, 0.25) is 11.8 Å². The molecule has 0 unspecified atom stereocenters. The number of ether oxygens (including phenoxy) is 1. The Morgan fingerprint density at radius 3 is 2.55 bits per heavy atom. The topological polar surface area (TPSA) is 115 Å². The lowest BCUT2D eigenvalue weighted by molar-refractivity contribution is -0.0498. The number of aryl methyl sites for hydroxylation is 1. The molecule has 11 heteroatoms. The van der Waals surface area contributed by atoms with E-state index in [1.165, 1.54) is 24.3 Å². The van der Waals surface area contributed by atoms with Gasteiger partial charge in [0.05, 0.1) is 22.7 Å². The van der Waals surface area contributed by atoms with Gasteiger partial charge >= 0.3 is 6.61 Å². The first-order valence-corrected chi connectivity index (χ1v) is 8.90. The number of nitrogens with two attached hydrogens (primary N) is 1. The van der Waals surface area contributed by atoms with Gasteiger partial charge in [0, 0.05) is 5.69 Å². The summed E-state index contributed by atoms with van der Waals surface area (Å²) in [5, 5.41) is 11.8. The van der Waals surface area contributed by atoms with E-state index in [1.807, 2.05) is 6.07 Å². The Labute approximate surface area is 173 Å². The second-order valence-corrected chi connectivity index (χ2v) is 6.41. The number of nitrogens with one attached hydrogen (secondary N) is 1. The van der Waals surface area contributed by atoms with E-state index in [0.717, 1.165) is 0 Å². The average Bonchev–Trinajstić information content (AvgIpc) is 3.07. The molecule has 2 aromatic carbocycles. The molecule has 0 aliphatic heterocycles. The lowest BCUT2D eigenvalue weighted by Crippen LogP contribution is -2.10. The van der Waals surface area contributed by atoms with Crippen molar-refractivity contribution in [3.63, 3.8) is 0 Å². The van der Waals surface area contributed by atoms with Gasteiger partial charge < -0.3 is 15.8 Å². The third-order valence-corrected chi connectivity index (χ3v) is 4.36. The van der Waals surface area contributed by atoms with E-state index in [9.17, 15) is 13.2 Å². The fraction of sp³-hybridized carbons (Fsp3) is 0.100. The highest BCUT2D eigenvalue weighted by atomic mass is 19.3. The highest BCUT2D eigenvalue weighted by molar-refractivity contribution is 5.79. The van der Waals surface area contributed by atoms with Gasteiger partial charge in [0.1, 0.15) is 11.6 Å². The number of nitriles is 1. The molecule has 4 rings (SSSR count). The van der Waals surface area contributed by atoms with Crippen LogP contribution in [0.25, 0.3) is 17.0 Å². The molecule has 0 aliphatic carbocycles. The summed E-state index contributed by atoms with van der Waals surface area (Å²) >= 11 is 0. The second-order valence-electron chi connectivity index (χ2n) is 6.41. The van der Waals surface area contributed by atoms with Gasteiger partial charge in [-0.15, -0.1) is 0 Å². The van der Waals surface area contributed by atoms with Gasteiger partial charge in [-0.3, -0.25) is 4.57 Å². The molecule has 3 N–H and O–H groups in total. The Kier molecular flexibility index (Phi) is 5.04. The highest BCUT2D eigenvalue weighted by Gasteiger charge is 2.18. The number of alkyl halides is 2. The summed E-state index contributed by atoms with van der Waals surface area (Å²) < 4.78 is 45.0. The first kappa shape index (κ1) is 20.0. The van der Waals surface area contributed by atoms with Crippen LogP contribution >= 0.6 is 0 Å². The molecular formula is C20H14F3N7O. The van der Waals surface area contributed by atoms with E-state index < -0.39 is 12.4 Å². The molecule has 31 heavy (non-hydrogen) atoms. The van der Waals surface area contributed by atoms with Crippen LogP contribution in [0.2, 0.25) is 0 Å². The van der Waals surface area contributed by atoms with Crippen LogP contribution in [0.3, 0.4) is 0 Å². The van der Waals surface area contributed by atoms with E-state index in [-0.39, 0.29) is 23.3 Å². The molecule has 0 bridgehead atoms. The molecule has 2 aromatic heterocycles. The standard InChI is InChI=1S/C20H14F3N7O/c1-10-26-14-8-11(9-24)2-7-15(14)30(10)20-28-17(25)16(21)18(29-20)27-12-3-5-13(6-4-12)31-19(22)23/h2-8,19H,1H3,(H3,25,27,28,29). The summed E-state index contributed by atoms with van der Waals surface area (Å²) in [6.07, 6.45) is 0. The molecule has 0 aliphatic rings. The third-order valence-electron chi connectivity index (χ3n) is 4.36.